The molecule has 3 heterocycles. The van der Waals surface area contributed by atoms with Crippen LogP contribution in [0.2, 0.25) is 0 Å². The van der Waals surface area contributed by atoms with E-state index in [1.54, 1.807) is 4.57 Å². The molecule has 11 heteroatoms. The third kappa shape index (κ3) is 7.11. The van der Waals surface area contributed by atoms with Gasteiger partial charge in [-0.05, 0) is 56.9 Å². The molecule has 4 N–H and O–H groups in total. The lowest BCUT2D eigenvalue weighted by molar-refractivity contribution is -0.136. The Bertz CT molecular complexity index is 1280. The van der Waals surface area contributed by atoms with Crippen molar-refractivity contribution in [2.24, 2.45) is 0 Å². The molecule has 206 valence electrons. The summed E-state index contributed by atoms with van der Waals surface area (Å²) in [7, 11) is 2.15. The summed E-state index contributed by atoms with van der Waals surface area (Å²) in [5.74, 6) is -0.631. The molecule has 2 aromatic heterocycles. The third-order valence-corrected chi connectivity index (χ3v) is 7.12. The monoisotopic (exact) mass is 525 g/mol. The SMILES string of the molecule is CCCCOc1nc(N)c2[nH]c(=O)n(CCCN(Cc3cccc(CC(=O)O)c3)C3CCN(C)CC3)c2n1. The standard InChI is InChI=1S/C27H39N7O4/c1-3-4-15-38-26-30-24(28)23-25(31-26)34(27(37)29-23)12-6-11-33(21-9-13-32(2)14-10-21)18-20-8-5-7-19(16-20)17-22(35)36/h5,7-8,16,21H,3-4,6,9-15,17-18H2,1-2H3,(H,29,37)(H,35,36)(H2,28,30,31). The largest absolute Gasteiger partial charge is 0.481 e. The predicted octanol–water partition coefficient (Wildman–Crippen LogP) is 2.49. The summed E-state index contributed by atoms with van der Waals surface area (Å²) in [5, 5.41) is 9.19. The molecule has 1 saturated heterocycles. The molecule has 4 rings (SSSR count). The predicted molar refractivity (Wildman–Crippen MR) is 146 cm³/mol. The highest BCUT2D eigenvalue weighted by Gasteiger charge is 2.24. The van der Waals surface area contributed by atoms with Crippen molar-refractivity contribution < 1.29 is 14.6 Å². The number of carboxylic acids is 1. The van der Waals surface area contributed by atoms with Crippen LogP contribution in [0.25, 0.3) is 11.2 Å². The van der Waals surface area contributed by atoms with Crippen molar-refractivity contribution in [1.82, 2.24) is 29.3 Å². The molecule has 1 aliphatic heterocycles. The number of nitrogens with two attached hydrogens (primary N) is 1. The molecule has 0 amide bonds. The molecule has 0 unspecified atom stereocenters. The van der Waals surface area contributed by atoms with Gasteiger partial charge in [-0.25, -0.2) is 4.79 Å². The first-order valence-electron chi connectivity index (χ1n) is 13.4. The summed E-state index contributed by atoms with van der Waals surface area (Å²) < 4.78 is 7.26. The molecule has 0 atom stereocenters. The number of nitrogens with one attached hydrogen (secondary N) is 1. The maximum Gasteiger partial charge on any atom is 0.327 e. The Hall–Kier alpha value is -3.44. The number of likely N-dealkylation sites (tertiary alicyclic amines) is 1. The van der Waals surface area contributed by atoms with Crippen LogP contribution >= 0.6 is 0 Å². The lowest BCUT2D eigenvalue weighted by atomic mass is 10.0. The number of nitrogen functional groups attached to an aromatic ring is 1. The second-order valence-electron chi connectivity index (χ2n) is 10.1. The topological polar surface area (TPSA) is 143 Å². The van der Waals surface area contributed by atoms with Gasteiger partial charge in [-0.2, -0.15) is 9.97 Å². The second kappa shape index (κ2) is 12.9. The minimum absolute atomic E-state index is 0.0146. The lowest BCUT2D eigenvalue weighted by Crippen LogP contribution is -2.44. The number of aliphatic carboxylic acids is 1. The Labute approximate surface area is 222 Å². The highest BCUT2D eigenvalue weighted by Crippen LogP contribution is 2.21. The van der Waals surface area contributed by atoms with Crippen molar-refractivity contribution >= 4 is 23.0 Å². The van der Waals surface area contributed by atoms with Gasteiger partial charge in [0.15, 0.2) is 11.5 Å². The molecule has 0 aliphatic carbocycles. The number of hydrogen-bond acceptors (Lipinski definition) is 8. The van der Waals surface area contributed by atoms with Crippen LogP contribution in [0.3, 0.4) is 0 Å². The number of aromatic amines is 1. The Balaban J connectivity index is 1.49. The van der Waals surface area contributed by atoms with Crippen molar-refractivity contribution in [3.63, 3.8) is 0 Å². The summed E-state index contributed by atoms with van der Waals surface area (Å²) in [6.07, 6.45) is 4.77. The Morgan fingerprint density at radius 2 is 2.00 bits per heavy atom. The van der Waals surface area contributed by atoms with Crippen molar-refractivity contribution in [2.45, 2.75) is 64.6 Å². The number of ether oxygens (including phenoxy) is 1. The van der Waals surface area contributed by atoms with Gasteiger partial charge in [0.05, 0.1) is 13.0 Å². The number of hydrogen-bond donors (Lipinski definition) is 3. The van der Waals surface area contributed by atoms with Gasteiger partial charge >= 0.3 is 17.7 Å². The average molecular weight is 526 g/mol. The van der Waals surface area contributed by atoms with Crippen LogP contribution in [0.15, 0.2) is 29.1 Å². The number of carboxylic acid groups (broad SMARTS) is 1. The van der Waals surface area contributed by atoms with Crippen molar-refractivity contribution in [1.29, 1.82) is 0 Å². The number of benzene rings is 1. The van der Waals surface area contributed by atoms with E-state index in [2.05, 4.69) is 44.8 Å². The number of piperidine rings is 1. The number of anilines is 1. The zero-order chi connectivity index (χ0) is 27.1. The first kappa shape index (κ1) is 27.6. The van der Waals surface area contributed by atoms with Crippen LogP contribution in [0.1, 0.15) is 50.2 Å². The summed E-state index contributed by atoms with van der Waals surface area (Å²) >= 11 is 0. The molecule has 0 saturated carbocycles. The van der Waals surface area contributed by atoms with Crippen molar-refractivity contribution in [3.05, 3.63) is 45.9 Å². The zero-order valence-electron chi connectivity index (χ0n) is 22.4. The van der Waals surface area contributed by atoms with Crippen molar-refractivity contribution in [3.8, 4) is 6.01 Å². The molecule has 0 bridgehead atoms. The van der Waals surface area contributed by atoms with Gasteiger partial charge in [-0.15, -0.1) is 0 Å². The second-order valence-corrected chi connectivity index (χ2v) is 10.1. The number of aromatic nitrogens is 4. The summed E-state index contributed by atoms with van der Waals surface area (Å²) in [6, 6.07) is 8.43. The minimum atomic E-state index is -0.832. The van der Waals surface area contributed by atoms with Gasteiger partial charge in [0, 0.05) is 25.7 Å². The Kier molecular flexibility index (Phi) is 9.35. The minimum Gasteiger partial charge on any atom is -0.481 e. The average Bonchev–Trinajstić information content (AvgIpc) is 3.19. The molecule has 0 spiro atoms. The normalized spacial score (nSPS) is 14.9. The number of aryl methyl sites for hydroxylation is 1. The van der Waals surface area contributed by atoms with Crippen LogP contribution in [0, 0.1) is 0 Å². The fourth-order valence-electron chi connectivity index (χ4n) is 5.04. The molecule has 3 aromatic rings. The molecular weight excluding hydrogens is 486 g/mol. The van der Waals surface area contributed by atoms with Crippen LogP contribution in [-0.2, 0) is 24.3 Å². The molecule has 38 heavy (non-hydrogen) atoms. The summed E-state index contributed by atoms with van der Waals surface area (Å²) in [6.45, 7) is 6.65. The molecule has 0 radical (unpaired) electrons. The van der Waals surface area contributed by atoms with Gasteiger partial charge in [0.2, 0.25) is 0 Å². The van der Waals surface area contributed by atoms with E-state index < -0.39 is 5.97 Å². The van der Waals surface area contributed by atoms with Crippen LogP contribution in [-0.4, -0.2) is 79.7 Å². The van der Waals surface area contributed by atoms with E-state index in [4.69, 9.17) is 10.5 Å². The lowest BCUT2D eigenvalue weighted by Gasteiger charge is -2.37. The van der Waals surface area contributed by atoms with Crippen LogP contribution in [0.4, 0.5) is 5.82 Å². The van der Waals surface area contributed by atoms with Gasteiger partial charge in [0.1, 0.15) is 5.52 Å². The Morgan fingerprint density at radius 1 is 1.24 bits per heavy atom. The molecule has 1 aromatic carbocycles. The highest BCUT2D eigenvalue weighted by atomic mass is 16.5. The fraction of sp³-hybridized carbons (Fsp3) is 0.556. The van der Waals surface area contributed by atoms with E-state index in [0.717, 1.165) is 69.4 Å². The van der Waals surface area contributed by atoms with E-state index in [0.29, 0.717) is 30.4 Å². The fourth-order valence-corrected chi connectivity index (χ4v) is 5.04. The van der Waals surface area contributed by atoms with Crippen LogP contribution < -0.4 is 16.2 Å². The number of H-pyrrole nitrogens is 1. The first-order valence-corrected chi connectivity index (χ1v) is 13.4. The van der Waals surface area contributed by atoms with E-state index in [9.17, 15) is 14.7 Å². The third-order valence-electron chi connectivity index (χ3n) is 7.12. The summed E-state index contributed by atoms with van der Waals surface area (Å²) in [4.78, 5) is 40.2. The number of imidazole rings is 1. The van der Waals surface area contributed by atoms with Gasteiger partial charge < -0.3 is 25.5 Å². The Morgan fingerprint density at radius 3 is 2.74 bits per heavy atom. The number of rotatable bonds is 13. The van der Waals surface area contributed by atoms with E-state index in [-0.39, 0.29) is 23.9 Å². The number of unbranched alkanes of at least 4 members (excludes halogenated alkanes) is 1. The van der Waals surface area contributed by atoms with E-state index >= 15 is 0 Å². The quantitative estimate of drug-likeness (QED) is 0.287. The maximum absolute atomic E-state index is 12.8. The first-order chi connectivity index (χ1) is 18.3. The smallest absolute Gasteiger partial charge is 0.327 e. The van der Waals surface area contributed by atoms with E-state index in [1.165, 1.54) is 0 Å². The number of nitrogens with zero attached hydrogens (tertiary/aromatic N) is 5. The zero-order valence-corrected chi connectivity index (χ0v) is 22.4. The van der Waals surface area contributed by atoms with E-state index in [1.807, 2.05) is 18.2 Å². The highest BCUT2D eigenvalue weighted by molar-refractivity contribution is 5.81. The summed E-state index contributed by atoms with van der Waals surface area (Å²) in [5.41, 5.74) is 8.62. The molecule has 1 aliphatic rings. The molecular formula is C27H39N7O4. The number of fused-ring (bicyclic) bond motifs is 1. The van der Waals surface area contributed by atoms with Gasteiger partial charge in [0.25, 0.3) is 0 Å². The van der Waals surface area contributed by atoms with Gasteiger partial charge in [-0.3, -0.25) is 14.3 Å². The maximum atomic E-state index is 12.8. The number of carbonyl (C=O) groups is 1. The molecule has 11 nitrogen and oxygen atoms in total. The van der Waals surface area contributed by atoms with Crippen LogP contribution in [0.5, 0.6) is 6.01 Å². The van der Waals surface area contributed by atoms with Gasteiger partial charge in [-0.1, -0.05) is 37.6 Å². The van der Waals surface area contributed by atoms with Crippen molar-refractivity contribution in [2.75, 3.05) is 39.0 Å². The molecule has 1 fully saturated rings.